The molecule has 0 aliphatic rings. The second-order valence-corrected chi connectivity index (χ2v) is 16.5. The van der Waals surface area contributed by atoms with Crippen LogP contribution < -0.4 is 4.90 Å². The molecule has 3 aromatic heterocycles. The van der Waals surface area contributed by atoms with Gasteiger partial charge >= 0.3 is 0 Å². The average molecular weight is 716 g/mol. The highest BCUT2D eigenvalue weighted by atomic mass is 32.1. The maximum atomic E-state index is 2.44. The summed E-state index contributed by atoms with van der Waals surface area (Å²) >= 11 is 5.63. The van der Waals surface area contributed by atoms with Crippen LogP contribution >= 0.6 is 34.0 Å². The lowest BCUT2D eigenvalue weighted by molar-refractivity contribution is 1.30. The Morgan fingerprint density at radius 3 is 1.33 bits per heavy atom. The monoisotopic (exact) mass is 715 g/mol. The van der Waals surface area contributed by atoms with Crippen LogP contribution in [0.15, 0.2) is 176 Å². The van der Waals surface area contributed by atoms with Crippen molar-refractivity contribution in [3.05, 3.63) is 176 Å². The van der Waals surface area contributed by atoms with Crippen LogP contribution in [0.1, 0.15) is 0 Å². The van der Waals surface area contributed by atoms with Crippen LogP contribution in [0.5, 0.6) is 0 Å². The van der Waals surface area contributed by atoms with Crippen molar-refractivity contribution in [1.82, 2.24) is 0 Å². The summed E-state index contributed by atoms with van der Waals surface area (Å²) in [5, 5.41) is 10.4. The van der Waals surface area contributed by atoms with Crippen LogP contribution in [0.3, 0.4) is 0 Å². The quantitative estimate of drug-likeness (QED) is 0.171. The molecule has 0 aliphatic heterocycles. The number of fused-ring (bicyclic) bond motifs is 10. The molecule has 244 valence electrons. The third-order valence-corrected chi connectivity index (χ3v) is 13.9. The van der Waals surface area contributed by atoms with Crippen molar-refractivity contribution in [2.24, 2.45) is 0 Å². The SMILES string of the molecule is c1ccc(-c2ccc(-c3ccc(N(c4ccc5ccc6c7ccccc7sc6c5c4)c4ccc5ccc6c7ccccc7sc6c5c4)cc3)s2)cc1. The van der Waals surface area contributed by atoms with Crippen LogP contribution in [0.2, 0.25) is 0 Å². The highest BCUT2D eigenvalue weighted by Gasteiger charge is 2.18. The Hall–Kier alpha value is -5.78. The first kappa shape index (κ1) is 29.9. The van der Waals surface area contributed by atoms with E-state index >= 15 is 0 Å². The van der Waals surface area contributed by atoms with Crippen LogP contribution in [-0.2, 0) is 0 Å². The first-order valence-corrected chi connectivity index (χ1v) is 19.9. The molecular weight excluding hydrogens is 687 g/mol. The van der Waals surface area contributed by atoms with Crippen molar-refractivity contribution in [3.8, 4) is 20.9 Å². The molecule has 3 heterocycles. The number of nitrogens with zero attached hydrogens (tertiary/aromatic N) is 1. The number of benzene rings is 8. The molecule has 0 fully saturated rings. The van der Waals surface area contributed by atoms with Gasteiger partial charge in [-0.05, 0) is 82.6 Å². The average Bonchev–Trinajstić information content (AvgIpc) is 3.95. The van der Waals surface area contributed by atoms with Crippen LogP contribution in [0.25, 0.3) is 82.8 Å². The number of rotatable bonds is 5. The fraction of sp³-hybridized carbons (Fsp3) is 0. The van der Waals surface area contributed by atoms with Gasteiger partial charge in [0.15, 0.2) is 0 Å². The minimum Gasteiger partial charge on any atom is -0.310 e. The van der Waals surface area contributed by atoms with Gasteiger partial charge in [-0.25, -0.2) is 0 Å². The Labute approximate surface area is 312 Å². The molecule has 11 aromatic rings. The first-order chi connectivity index (χ1) is 25.7. The van der Waals surface area contributed by atoms with E-state index in [2.05, 4.69) is 181 Å². The standard InChI is InChI=1S/C48H29NS3/c1-2-8-32(9-3-1)43-26-27-44(50-43)33-16-20-34(21-17-33)49(35-22-14-30-18-24-39-37-10-4-6-12-45(37)51-47(39)41(30)28-35)36-23-15-31-19-25-40-38-11-5-7-13-46(38)52-48(40)42(31)29-36/h1-29H. The lowest BCUT2D eigenvalue weighted by Gasteiger charge is -2.26. The molecule has 0 radical (unpaired) electrons. The van der Waals surface area contributed by atoms with E-state index in [1.165, 1.54) is 82.8 Å². The summed E-state index contributed by atoms with van der Waals surface area (Å²) in [5.41, 5.74) is 5.92. The van der Waals surface area contributed by atoms with Gasteiger partial charge in [-0.15, -0.1) is 34.0 Å². The van der Waals surface area contributed by atoms with Crippen LogP contribution in [-0.4, -0.2) is 0 Å². The topological polar surface area (TPSA) is 3.24 Å². The lowest BCUT2D eigenvalue weighted by atomic mass is 10.0. The number of thiophene rings is 3. The number of hydrogen-bond acceptors (Lipinski definition) is 4. The van der Waals surface area contributed by atoms with Crippen molar-refractivity contribution >= 4 is 113 Å². The molecule has 0 saturated carbocycles. The van der Waals surface area contributed by atoms with E-state index in [1.807, 2.05) is 34.0 Å². The van der Waals surface area contributed by atoms with E-state index in [0.717, 1.165) is 17.1 Å². The highest BCUT2D eigenvalue weighted by Crippen LogP contribution is 2.45. The fourth-order valence-electron chi connectivity index (χ4n) is 7.73. The van der Waals surface area contributed by atoms with E-state index in [0.29, 0.717) is 0 Å². The molecule has 11 rings (SSSR count). The summed E-state index contributed by atoms with van der Waals surface area (Å²) in [4.78, 5) is 4.99. The molecule has 4 heteroatoms. The third kappa shape index (κ3) is 4.80. The van der Waals surface area contributed by atoms with Gasteiger partial charge in [0, 0.05) is 77.9 Å². The minimum atomic E-state index is 1.13. The summed E-state index contributed by atoms with van der Waals surface area (Å²) in [6.07, 6.45) is 0. The normalized spacial score (nSPS) is 11.8. The van der Waals surface area contributed by atoms with Gasteiger partial charge in [-0.2, -0.15) is 0 Å². The molecule has 0 unspecified atom stereocenters. The van der Waals surface area contributed by atoms with Crippen molar-refractivity contribution in [2.45, 2.75) is 0 Å². The molecule has 1 nitrogen and oxygen atoms in total. The molecule has 52 heavy (non-hydrogen) atoms. The Kier molecular flexibility index (Phi) is 6.84. The second kappa shape index (κ2) is 11.9. The summed E-state index contributed by atoms with van der Waals surface area (Å²) in [7, 11) is 0. The summed E-state index contributed by atoms with van der Waals surface area (Å²) in [6, 6.07) is 64.9. The van der Waals surface area contributed by atoms with Gasteiger partial charge in [0.1, 0.15) is 0 Å². The number of anilines is 3. The minimum absolute atomic E-state index is 1.13. The zero-order valence-corrected chi connectivity index (χ0v) is 30.4. The first-order valence-electron chi connectivity index (χ1n) is 17.5. The van der Waals surface area contributed by atoms with Gasteiger partial charge in [0.05, 0.1) is 0 Å². The van der Waals surface area contributed by atoms with Crippen LogP contribution in [0.4, 0.5) is 17.1 Å². The van der Waals surface area contributed by atoms with E-state index in [4.69, 9.17) is 0 Å². The molecule has 0 saturated heterocycles. The van der Waals surface area contributed by atoms with Gasteiger partial charge in [-0.3, -0.25) is 0 Å². The summed E-state index contributed by atoms with van der Waals surface area (Å²) < 4.78 is 5.34. The van der Waals surface area contributed by atoms with Crippen molar-refractivity contribution < 1.29 is 0 Å². The summed E-state index contributed by atoms with van der Waals surface area (Å²) in [5.74, 6) is 0. The Morgan fingerprint density at radius 1 is 0.308 bits per heavy atom. The lowest BCUT2D eigenvalue weighted by Crippen LogP contribution is -2.09. The van der Waals surface area contributed by atoms with Gasteiger partial charge in [-0.1, -0.05) is 115 Å². The molecule has 0 atom stereocenters. The predicted molar refractivity (Wildman–Crippen MR) is 231 cm³/mol. The van der Waals surface area contributed by atoms with Gasteiger partial charge < -0.3 is 4.90 Å². The van der Waals surface area contributed by atoms with E-state index in [9.17, 15) is 0 Å². The maximum absolute atomic E-state index is 2.44. The van der Waals surface area contributed by atoms with Gasteiger partial charge in [0.25, 0.3) is 0 Å². The molecule has 0 spiro atoms. The Morgan fingerprint density at radius 2 is 0.769 bits per heavy atom. The smallest absolute Gasteiger partial charge is 0.0468 e. The van der Waals surface area contributed by atoms with E-state index < -0.39 is 0 Å². The molecule has 0 amide bonds. The van der Waals surface area contributed by atoms with Crippen molar-refractivity contribution in [2.75, 3.05) is 4.90 Å². The van der Waals surface area contributed by atoms with Crippen molar-refractivity contribution in [1.29, 1.82) is 0 Å². The molecule has 8 aromatic carbocycles. The molecule has 0 aliphatic carbocycles. The van der Waals surface area contributed by atoms with Crippen LogP contribution in [0, 0.1) is 0 Å². The van der Waals surface area contributed by atoms with E-state index in [-0.39, 0.29) is 0 Å². The predicted octanol–water partition coefficient (Wildman–Crippen LogP) is 15.6. The zero-order valence-electron chi connectivity index (χ0n) is 27.9. The Balaban J connectivity index is 1.09. The molecular formula is C48H29NS3. The summed E-state index contributed by atoms with van der Waals surface area (Å²) in [6.45, 7) is 0. The molecule has 0 bridgehead atoms. The third-order valence-electron chi connectivity index (χ3n) is 10.3. The fourth-order valence-corrected chi connectivity index (χ4v) is 11.2. The maximum Gasteiger partial charge on any atom is 0.0468 e. The highest BCUT2D eigenvalue weighted by molar-refractivity contribution is 7.27. The molecule has 0 N–H and O–H groups in total. The zero-order chi connectivity index (χ0) is 34.2. The van der Waals surface area contributed by atoms with E-state index in [1.54, 1.807) is 0 Å². The largest absolute Gasteiger partial charge is 0.310 e. The number of hydrogen-bond donors (Lipinski definition) is 0. The Bertz CT molecular complexity index is 2970. The van der Waals surface area contributed by atoms with Gasteiger partial charge in [0.2, 0.25) is 0 Å². The second-order valence-electron chi connectivity index (χ2n) is 13.3. The van der Waals surface area contributed by atoms with Crippen molar-refractivity contribution in [3.63, 3.8) is 0 Å².